The third-order valence-corrected chi connectivity index (χ3v) is 5.26. The Kier molecular flexibility index (Phi) is 4.56. The number of aromatic nitrogens is 2. The second-order valence-electron chi connectivity index (χ2n) is 7.45. The lowest BCUT2D eigenvalue weighted by Crippen LogP contribution is -2.55. The Morgan fingerprint density at radius 2 is 2.04 bits per heavy atom. The Morgan fingerprint density at radius 3 is 2.76 bits per heavy atom. The van der Waals surface area contributed by atoms with E-state index in [1.807, 2.05) is 12.1 Å². The molecule has 6 heteroatoms. The average molecular weight is 344 g/mol. The molecule has 1 aliphatic heterocycles. The molecule has 0 amide bonds. The average Bonchev–Trinajstić information content (AvgIpc) is 3.35. The lowest BCUT2D eigenvalue weighted by molar-refractivity contribution is 0.0895. The number of nitrogens with one attached hydrogen (secondary N) is 1. The van der Waals surface area contributed by atoms with E-state index in [1.54, 1.807) is 0 Å². The van der Waals surface area contributed by atoms with Gasteiger partial charge in [0, 0.05) is 43.6 Å². The van der Waals surface area contributed by atoms with Crippen molar-refractivity contribution in [2.24, 2.45) is 0 Å². The molecule has 25 heavy (non-hydrogen) atoms. The van der Waals surface area contributed by atoms with E-state index in [4.69, 9.17) is 4.52 Å². The molecule has 1 aromatic carbocycles. The molecule has 1 saturated carbocycles. The molecule has 2 fully saturated rings. The van der Waals surface area contributed by atoms with Crippen LogP contribution in [-0.4, -0.2) is 40.2 Å². The molecule has 0 bridgehead atoms. The van der Waals surface area contributed by atoms with Crippen LogP contribution in [0.3, 0.4) is 0 Å². The summed E-state index contributed by atoms with van der Waals surface area (Å²) < 4.78 is 18.9. The highest BCUT2D eigenvalue weighted by Gasteiger charge is 2.33. The van der Waals surface area contributed by atoms with Gasteiger partial charge in [0.05, 0.1) is 0 Å². The molecule has 3 atom stereocenters. The van der Waals surface area contributed by atoms with Gasteiger partial charge in [-0.15, -0.1) is 0 Å². The van der Waals surface area contributed by atoms with Crippen molar-refractivity contribution in [3.05, 3.63) is 47.4 Å². The minimum absolute atomic E-state index is 0.104. The van der Waals surface area contributed by atoms with E-state index >= 15 is 0 Å². The fourth-order valence-electron chi connectivity index (χ4n) is 3.62. The smallest absolute Gasteiger partial charge is 0.228 e. The molecule has 4 rings (SSSR count). The predicted octanol–water partition coefficient (Wildman–Crippen LogP) is 3.05. The van der Waals surface area contributed by atoms with Crippen LogP contribution in [0.15, 0.2) is 28.8 Å². The Hall–Kier alpha value is -1.79. The molecule has 5 nitrogen and oxygen atoms in total. The van der Waals surface area contributed by atoms with Crippen LogP contribution >= 0.6 is 0 Å². The van der Waals surface area contributed by atoms with Crippen molar-refractivity contribution in [1.82, 2.24) is 20.4 Å². The van der Waals surface area contributed by atoms with E-state index in [0.29, 0.717) is 30.3 Å². The quantitative estimate of drug-likeness (QED) is 0.903. The maximum atomic E-state index is 13.4. The minimum atomic E-state index is -0.210. The van der Waals surface area contributed by atoms with Crippen molar-refractivity contribution in [1.29, 1.82) is 0 Å². The summed E-state index contributed by atoms with van der Waals surface area (Å²) in [5.41, 5.74) is 1.09. The highest BCUT2D eigenvalue weighted by atomic mass is 19.1. The largest absolute Gasteiger partial charge is 0.339 e. The molecule has 1 aliphatic carbocycles. The van der Waals surface area contributed by atoms with Gasteiger partial charge in [0.25, 0.3) is 0 Å². The van der Waals surface area contributed by atoms with Crippen LogP contribution in [0, 0.1) is 5.82 Å². The van der Waals surface area contributed by atoms with Gasteiger partial charge in [-0.1, -0.05) is 17.3 Å². The fourth-order valence-corrected chi connectivity index (χ4v) is 3.62. The molecule has 1 N–H and O–H groups in total. The molecule has 1 saturated heterocycles. The highest BCUT2D eigenvalue weighted by molar-refractivity contribution is 5.22. The maximum Gasteiger partial charge on any atom is 0.228 e. The normalized spacial score (nSPS) is 25.9. The van der Waals surface area contributed by atoms with E-state index < -0.39 is 0 Å². The second-order valence-corrected chi connectivity index (χ2v) is 7.45. The van der Waals surface area contributed by atoms with Gasteiger partial charge in [-0.25, -0.2) is 4.39 Å². The first kappa shape index (κ1) is 16.7. The topological polar surface area (TPSA) is 54.2 Å². The zero-order valence-electron chi connectivity index (χ0n) is 14.8. The van der Waals surface area contributed by atoms with Crippen molar-refractivity contribution >= 4 is 0 Å². The van der Waals surface area contributed by atoms with E-state index in [9.17, 15) is 4.39 Å². The van der Waals surface area contributed by atoms with E-state index in [0.717, 1.165) is 37.3 Å². The fraction of sp³-hybridized carbons (Fsp3) is 0.579. The summed E-state index contributed by atoms with van der Waals surface area (Å²) in [5, 5.41) is 7.66. The van der Waals surface area contributed by atoms with Crippen molar-refractivity contribution in [3.63, 3.8) is 0 Å². The summed E-state index contributed by atoms with van der Waals surface area (Å²) in [7, 11) is 0. The third-order valence-electron chi connectivity index (χ3n) is 5.26. The second kappa shape index (κ2) is 6.84. The number of hydrogen-bond donors (Lipinski definition) is 1. The van der Waals surface area contributed by atoms with Crippen LogP contribution in [0.25, 0.3) is 0 Å². The van der Waals surface area contributed by atoms with Gasteiger partial charge in [-0.3, -0.25) is 4.90 Å². The molecule has 2 heterocycles. The number of nitrogens with zero attached hydrogens (tertiary/aromatic N) is 3. The van der Waals surface area contributed by atoms with E-state index in [1.165, 1.54) is 12.1 Å². The molecular formula is C19H25FN4O. The maximum absolute atomic E-state index is 13.4. The zero-order valence-corrected chi connectivity index (χ0v) is 14.8. The lowest BCUT2D eigenvalue weighted by Gasteiger charge is -2.42. The molecule has 2 aromatic rings. The molecule has 134 valence electrons. The number of hydrogen-bond acceptors (Lipinski definition) is 5. The Bertz CT molecular complexity index is 712. The van der Waals surface area contributed by atoms with Gasteiger partial charge >= 0.3 is 0 Å². The molecule has 0 spiro atoms. The van der Waals surface area contributed by atoms with Crippen LogP contribution in [-0.2, 0) is 6.42 Å². The molecular weight excluding hydrogens is 319 g/mol. The monoisotopic (exact) mass is 344 g/mol. The molecule has 1 aromatic heterocycles. The lowest BCUT2D eigenvalue weighted by atomic mass is 9.98. The van der Waals surface area contributed by atoms with Gasteiger partial charge in [0.15, 0.2) is 5.82 Å². The van der Waals surface area contributed by atoms with Crippen LogP contribution < -0.4 is 5.32 Å². The van der Waals surface area contributed by atoms with Gasteiger partial charge in [0.1, 0.15) is 5.82 Å². The van der Waals surface area contributed by atoms with E-state index in [-0.39, 0.29) is 11.9 Å². The molecule has 2 aliphatic rings. The summed E-state index contributed by atoms with van der Waals surface area (Å²) in [5.74, 6) is 1.79. The number of rotatable bonds is 5. The number of halogens is 1. The van der Waals surface area contributed by atoms with Crippen LogP contribution in [0.4, 0.5) is 4.39 Å². The summed E-state index contributed by atoms with van der Waals surface area (Å²) in [6, 6.07) is 7.72. The first-order chi connectivity index (χ1) is 12.1. The van der Waals surface area contributed by atoms with Gasteiger partial charge in [-0.05, 0) is 44.4 Å². The molecule has 1 unspecified atom stereocenters. The third kappa shape index (κ3) is 3.75. The summed E-state index contributed by atoms with van der Waals surface area (Å²) >= 11 is 0. The predicted molar refractivity (Wildman–Crippen MR) is 92.8 cm³/mol. The van der Waals surface area contributed by atoms with Crippen molar-refractivity contribution in [2.45, 2.75) is 57.2 Å². The Morgan fingerprint density at radius 1 is 1.28 bits per heavy atom. The Balaban J connectivity index is 1.60. The SMILES string of the molecule is C[C@@H]1CN(C(Cc2nc(C3CC3)no2)c2ccc(F)cc2)[C@H](C)CN1. The van der Waals surface area contributed by atoms with Crippen molar-refractivity contribution in [2.75, 3.05) is 13.1 Å². The van der Waals surface area contributed by atoms with Crippen LogP contribution in [0.2, 0.25) is 0 Å². The number of benzene rings is 1. The first-order valence-corrected chi connectivity index (χ1v) is 9.17. The first-order valence-electron chi connectivity index (χ1n) is 9.17. The standard InChI is InChI=1S/C19H25FN4O/c1-12-11-24(13(2)10-21-12)17(14-5-7-16(20)8-6-14)9-18-22-19(23-25-18)15-3-4-15/h5-8,12-13,15,17,21H,3-4,9-11H2,1-2H3/t12-,13-,17?/m1/s1. The number of piperazine rings is 1. The zero-order chi connectivity index (χ0) is 17.4. The van der Waals surface area contributed by atoms with Gasteiger partial charge in [0.2, 0.25) is 5.89 Å². The molecule has 0 radical (unpaired) electrons. The van der Waals surface area contributed by atoms with Crippen molar-refractivity contribution in [3.8, 4) is 0 Å². The van der Waals surface area contributed by atoms with Crippen LogP contribution in [0.1, 0.15) is 55.9 Å². The summed E-state index contributed by atoms with van der Waals surface area (Å²) in [6.07, 6.45) is 2.97. The summed E-state index contributed by atoms with van der Waals surface area (Å²) in [4.78, 5) is 7.07. The minimum Gasteiger partial charge on any atom is -0.339 e. The van der Waals surface area contributed by atoms with Gasteiger partial charge < -0.3 is 9.84 Å². The highest BCUT2D eigenvalue weighted by Crippen LogP contribution is 2.38. The van der Waals surface area contributed by atoms with Crippen molar-refractivity contribution < 1.29 is 8.91 Å². The van der Waals surface area contributed by atoms with E-state index in [2.05, 4.69) is 34.2 Å². The van der Waals surface area contributed by atoms with Crippen LogP contribution in [0.5, 0.6) is 0 Å². The summed E-state index contributed by atoms with van der Waals surface area (Å²) in [6.45, 7) is 6.29. The van der Waals surface area contributed by atoms with Gasteiger partial charge in [-0.2, -0.15) is 4.98 Å². The Labute approximate surface area is 147 Å².